The lowest BCUT2D eigenvalue weighted by Gasteiger charge is -2.36. The standard InChI is InChI=1S/C18H15ClO6/c1-2-23-16(20)10-24-18(25-22)14-6-4-3-5-12(14)17(21)13-9-11(19)7-8-15(13)18/h3-9,22H,2,10H2,1H3. The Morgan fingerprint density at radius 1 is 1.16 bits per heavy atom. The Labute approximate surface area is 148 Å². The van der Waals surface area contributed by atoms with Gasteiger partial charge in [0.05, 0.1) is 6.61 Å². The molecule has 3 rings (SSSR count). The van der Waals surface area contributed by atoms with Gasteiger partial charge in [0.1, 0.15) is 6.61 Å². The van der Waals surface area contributed by atoms with Crippen molar-refractivity contribution in [3.63, 3.8) is 0 Å². The van der Waals surface area contributed by atoms with Gasteiger partial charge in [-0.3, -0.25) is 4.79 Å². The van der Waals surface area contributed by atoms with Gasteiger partial charge in [-0.1, -0.05) is 41.9 Å². The van der Waals surface area contributed by atoms with E-state index in [1.54, 1.807) is 37.3 Å². The summed E-state index contributed by atoms with van der Waals surface area (Å²) in [7, 11) is 0. The number of hydrogen-bond donors (Lipinski definition) is 1. The van der Waals surface area contributed by atoms with E-state index in [1.165, 1.54) is 12.1 Å². The van der Waals surface area contributed by atoms with Crippen molar-refractivity contribution in [2.75, 3.05) is 13.2 Å². The molecule has 0 amide bonds. The number of esters is 1. The third-order valence-corrected chi connectivity index (χ3v) is 4.17. The number of carbonyl (C=O) groups is 2. The Kier molecular flexibility index (Phi) is 4.87. The summed E-state index contributed by atoms with van der Waals surface area (Å²) in [4.78, 5) is 29.2. The van der Waals surface area contributed by atoms with Crippen molar-refractivity contribution in [3.8, 4) is 0 Å². The normalized spacial score (nSPS) is 18.4. The van der Waals surface area contributed by atoms with Crippen molar-refractivity contribution in [2.24, 2.45) is 0 Å². The molecule has 25 heavy (non-hydrogen) atoms. The van der Waals surface area contributed by atoms with E-state index >= 15 is 0 Å². The van der Waals surface area contributed by atoms with Crippen LogP contribution in [0.15, 0.2) is 42.5 Å². The first-order chi connectivity index (χ1) is 12.0. The minimum absolute atomic E-state index is 0.191. The fourth-order valence-corrected chi connectivity index (χ4v) is 3.07. The molecule has 0 spiro atoms. The Bertz CT molecular complexity index is 834. The quantitative estimate of drug-likeness (QED) is 0.381. The predicted molar refractivity (Wildman–Crippen MR) is 88.4 cm³/mol. The molecule has 1 atom stereocenters. The molecule has 0 radical (unpaired) electrons. The van der Waals surface area contributed by atoms with Crippen LogP contribution in [0.4, 0.5) is 0 Å². The number of benzene rings is 2. The summed E-state index contributed by atoms with van der Waals surface area (Å²) >= 11 is 6.00. The number of carbonyl (C=O) groups excluding carboxylic acids is 2. The van der Waals surface area contributed by atoms with Gasteiger partial charge in [0.25, 0.3) is 5.79 Å². The molecule has 0 saturated heterocycles. The summed E-state index contributed by atoms with van der Waals surface area (Å²) in [6.07, 6.45) is 0. The highest BCUT2D eigenvalue weighted by Gasteiger charge is 2.47. The lowest BCUT2D eigenvalue weighted by atomic mass is 9.80. The van der Waals surface area contributed by atoms with Crippen molar-refractivity contribution in [3.05, 3.63) is 69.7 Å². The molecule has 0 bridgehead atoms. The number of halogens is 1. The van der Waals surface area contributed by atoms with Gasteiger partial charge in [0.15, 0.2) is 5.78 Å². The molecule has 7 heteroatoms. The predicted octanol–water partition coefficient (Wildman–Crippen LogP) is 3.15. The van der Waals surface area contributed by atoms with E-state index in [2.05, 4.69) is 0 Å². The highest BCUT2D eigenvalue weighted by Crippen LogP contribution is 2.43. The Morgan fingerprint density at radius 3 is 2.60 bits per heavy atom. The Balaban J connectivity index is 2.15. The van der Waals surface area contributed by atoms with Crippen LogP contribution in [0.1, 0.15) is 34.0 Å². The number of rotatable bonds is 5. The van der Waals surface area contributed by atoms with Gasteiger partial charge < -0.3 is 9.47 Å². The van der Waals surface area contributed by atoms with Gasteiger partial charge in [-0.2, -0.15) is 4.89 Å². The second-order valence-electron chi connectivity index (χ2n) is 5.37. The van der Waals surface area contributed by atoms with E-state index in [0.29, 0.717) is 10.6 Å². The highest BCUT2D eigenvalue weighted by atomic mass is 35.5. The van der Waals surface area contributed by atoms with Crippen LogP contribution in [0.3, 0.4) is 0 Å². The van der Waals surface area contributed by atoms with Crippen LogP contribution in [0.25, 0.3) is 0 Å². The average molecular weight is 363 g/mol. The van der Waals surface area contributed by atoms with Gasteiger partial charge in [-0.15, -0.1) is 0 Å². The van der Waals surface area contributed by atoms with E-state index in [1.807, 2.05) is 0 Å². The summed E-state index contributed by atoms with van der Waals surface area (Å²) in [6.45, 7) is 1.39. The number of hydrogen-bond acceptors (Lipinski definition) is 6. The summed E-state index contributed by atoms with van der Waals surface area (Å²) in [5.74, 6) is -2.73. The highest BCUT2D eigenvalue weighted by molar-refractivity contribution is 6.31. The molecular formula is C18H15ClO6. The third kappa shape index (κ3) is 2.94. The van der Waals surface area contributed by atoms with Crippen molar-refractivity contribution >= 4 is 23.4 Å². The van der Waals surface area contributed by atoms with Gasteiger partial charge in [0, 0.05) is 27.3 Å². The number of ether oxygens (including phenoxy) is 2. The topological polar surface area (TPSA) is 82.1 Å². The van der Waals surface area contributed by atoms with Gasteiger partial charge >= 0.3 is 5.97 Å². The first kappa shape index (κ1) is 17.6. The fourth-order valence-electron chi connectivity index (χ4n) is 2.89. The first-order valence-corrected chi connectivity index (χ1v) is 7.97. The van der Waals surface area contributed by atoms with E-state index in [9.17, 15) is 14.8 Å². The van der Waals surface area contributed by atoms with Crippen molar-refractivity contribution in [1.82, 2.24) is 0 Å². The molecular weight excluding hydrogens is 348 g/mol. The molecule has 0 saturated carbocycles. The lowest BCUT2D eigenvalue weighted by molar-refractivity contribution is -0.394. The van der Waals surface area contributed by atoms with Crippen molar-refractivity contribution in [1.29, 1.82) is 0 Å². The minimum Gasteiger partial charge on any atom is -0.464 e. The molecule has 0 aliphatic heterocycles. The SMILES string of the molecule is CCOC(=O)COC1(OO)c2ccccc2C(=O)c2cc(Cl)ccc21. The first-order valence-electron chi connectivity index (χ1n) is 7.60. The molecule has 0 fully saturated rings. The van der Waals surface area contributed by atoms with E-state index in [4.69, 9.17) is 26.0 Å². The molecule has 1 aliphatic carbocycles. The van der Waals surface area contributed by atoms with Crippen molar-refractivity contribution in [2.45, 2.75) is 12.7 Å². The fraction of sp³-hybridized carbons (Fsp3) is 0.222. The maximum absolute atomic E-state index is 12.8. The van der Waals surface area contributed by atoms with E-state index < -0.39 is 18.4 Å². The maximum atomic E-state index is 12.8. The van der Waals surface area contributed by atoms with Crippen LogP contribution in [-0.2, 0) is 24.9 Å². The summed E-state index contributed by atoms with van der Waals surface area (Å²) in [6, 6.07) is 11.1. The second-order valence-corrected chi connectivity index (χ2v) is 5.80. The molecule has 1 unspecified atom stereocenters. The van der Waals surface area contributed by atoms with Crippen LogP contribution in [0.5, 0.6) is 0 Å². The van der Waals surface area contributed by atoms with Crippen molar-refractivity contribution < 1.29 is 29.2 Å². The molecule has 1 N–H and O–H groups in total. The van der Waals surface area contributed by atoms with Crippen LogP contribution < -0.4 is 0 Å². The average Bonchev–Trinajstić information content (AvgIpc) is 2.63. The van der Waals surface area contributed by atoms with E-state index in [0.717, 1.165) is 0 Å². The lowest BCUT2D eigenvalue weighted by Crippen LogP contribution is -2.41. The number of ketones is 1. The van der Waals surface area contributed by atoms with E-state index in [-0.39, 0.29) is 29.1 Å². The Morgan fingerprint density at radius 2 is 1.88 bits per heavy atom. The molecule has 6 nitrogen and oxygen atoms in total. The molecule has 0 heterocycles. The van der Waals surface area contributed by atoms with Crippen LogP contribution >= 0.6 is 11.6 Å². The molecule has 130 valence electrons. The van der Waals surface area contributed by atoms with Crippen LogP contribution in [-0.4, -0.2) is 30.2 Å². The third-order valence-electron chi connectivity index (χ3n) is 3.93. The zero-order valence-electron chi connectivity index (χ0n) is 13.3. The van der Waals surface area contributed by atoms with Gasteiger partial charge in [-0.25, -0.2) is 10.1 Å². The zero-order chi connectivity index (χ0) is 18.0. The molecule has 2 aromatic carbocycles. The van der Waals surface area contributed by atoms with Gasteiger partial charge in [0.2, 0.25) is 0 Å². The smallest absolute Gasteiger partial charge is 0.332 e. The molecule has 0 aromatic heterocycles. The summed E-state index contributed by atoms with van der Waals surface area (Å²) in [5.41, 5.74) is 1.06. The molecule has 2 aromatic rings. The molecule has 1 aliphatic rings. The second kappa shape index (κ2) is 6.93. The summed E-state index contributed by atoms with van der Waals surface area (Å²) < 4.78 is 10.5. The number of fused-ring (bicyclic) bond motifs is 2. The van der Waals surface area contributed by atoms with Gasteiger partial charge in [-0.05, 0) is 19.1 Å². The maximum Gasteiger partial charge on any atom is 0.332 e. The summed E-state index contributed by atoms with van der Waals surface area (Å²) in [5, 5.41) is 10.1. The van der Waals surface area contributed by atoms with Crippen LogP contribution in [0.2, 0.25) is 5.02 Å². The largest absolute Gasteiger partial charge is 0.464 e. The zero-order valence-corrected chi connectivity index (χ0v) is 14.1. The Hall–Kier alpha value is -2.25. The minimum atomic E-state index is -1.84. The monoisotopic (exact) mass is 362 g/mol. The van der Waals surface area contributed by atoms with Crippen LogP contribution in [0, 0.1) is 0 Å².